The van der Waals surface area contributed by atoms with E-state index in [-0.39, 0.29) is 5.75 Å². The van der Waals surface area contributed by atoms with Gasteiger partial charge in [-0.1, -0.05) is 6.92 Å². The smallest absolute Gasteiger partial charge is 0.233 e. The van der Waals surface area contributed by atoms with Gasteiger partial charge in [0.2, 0.25) is 17.8 Å². The lowest BCUT2D eigenvalue weighted by Gasteiger charge is -2.23. The molecule has 0 radical (unpaired) electrons. The summed E-state index contributed by atoms with van der Waals surface area (Å²) in [5, 5.41) is 9.56. The zero-order valence-electron chi connectivity index (χ0n) is 18.3. The van der Waals surface area contributed by atoms with Crippen LogP contribution in [0.1, 0.15) is 19.8 Å². The molecule has 170 valence electrons. The third kappa shape index (κ3) is 5.41. The van der Waals surface area contributed by atoms with Gasteiger partial charge in [-0.25, -0.2) is 9.37 Å². The number of ether oxygens (including phenoxy) is 1. The highest BCUT2D eigenvalue weighted by Crippen LogP contribution is 2.23. The summed E-state index contributed by atoms with van der Waals surface area (Å²) in [5.41, 5.74) is 0.508. The molecule has 0 bridgehead atoms. The Bertz CT molecular complexity index is 1010. The van der Waals surface area contributed by atoms with E-state index in [2.05, 4.69) is 47.7 Å². The van der Waals surface area contributed by atoms with Gasteiger partial charge in [0.05, 0.1) is 20.1 Å². The van der Waals surface area contributed by atoms with Gasteiger partial charge in [0.1, 0.15) is 0 Å². The highest BCUT2D eigenvalue weighted by molar-refractivity contribution is 5.57. The van der Waals surface area contributed by atoms with E-state index in [4.69, 9.17) is 4.74 Å². The molecule has 1 aromatic carbocycles. The summed E-state index contributed by atoms with van der Waals surface area (Å²) in [4.78, 5) is 19.9. The van der Waals surface area contributed by atoms with Crippen molar-refractivity contribution in [3.05, 3.63) is 42.7 Å². The van der Waals surface area contributed by atoms with E-state index in [1.54, 1.807) is 24.7 Å². The summed E-state index contributed by atoms with van der Waals surface area (Å²) in [6.07, 6.45) is 7.59. The van der Waals surface area contributed by atoms with Crippen molar-refractivity contribution in [2.24, 2.45) is 0 Å². The molecular weight excluding hydrogens is 413 g/mol. The van der Waals surface area contributed by atoms with E-state index < -0.39 is 5.82 Å². The Morgan fingerprint density at radius 3 is 2.69 bits per heavy atom. The van der Waals surface area contributed by atoms with E-state index in [1.165, 1.54) is 19.6 Å². The van der Waals surface area contributed by atoms with Gasteiger partial charge < -0.3 is 25.3 Å². The Labute approximate surface area is 186 Å². The number of likely N-dealkylation sites (tertiary alicyclic amines) is 1. The minimum atomic E-state index is -0.468. The lowest BCUT2D eigenvalue weighted by atomic mass is 10.2. The largest absolute Gasteiger partial charge is 0.494 e. The van der Waals surface area contributed by atoms with Crippen molar-refractivity contribution in [3.63, 3.8) is 0 Å². The summed E-state index contributed by atoms with van der Waals surface area (Å²) in [7, 11) is 1.43. The third-order valence-corrected chi connectivity index (χ3v) is 5.42. The maximum absolute atomic E-state index is 14.1. The number of imidazole rings is 1. The molecule has 0 aliphatic carbocycles. The number of anilines is 4. The molecule has 32 heavy (non-hydrogen) atoms. The molecule has 1 aliphatic rings. The standard InChI is InChI=1S/C21H28FN9O/c1-3-31-9-4-5-16(31)12-24-19-27-20(25-14-30-10-8-23-13-30)29-21(28-19)26-15-6-7-18(32-2)17(22)11-15/h6-8,10-11,13,16H,3-5,9,12,14H2,1-2H3,(H3,24,25,26,27,28,29). The number of hydrogen-bond donors (Lipinski definition) is 3. The second-order valence-electron chi connectivity index (χ2n) is 7.50. The van der Waals surface area contributed by atoms with Gasteiger partial charge in [0.15, 0.2) is 11.6 Å². The van der Waals surface area contributed by atoms with Gasteiger partial charge >= 0.3 is 0 Å². The Kier molecular flexibility index (Phi) is 6.95. The van der Waals surface area contributed by atoms with E-state index in [0.29, 0.717) is 36.2 Å². The molecule has 1 fully saturated rings. The van der Waals surface area contributed by atoms with Gasteiger partial charge in [0.25, 0.3) is 0 Å². The number of aromatic nitrogens is 5. The van der Waals surface area contributed by atoms with Crippen molar-refractivity contribution >= 4 is 23.5 Å². The predicted molar refractivity (Wildman–Crippen MR) is 121 cm³/mol. The highest BCUT2D eigenvalue weighted by atomic mass is 19.1. The minimum absolute atomic E-state index is 0.174. The summed E-state index contributed by atoms with van der Waals surface area (Å²) >= 11 is 0. The zero-order chi connectivity index (χ0) is 22.3. The van der Waals surface area contributed by atoms with E-state index in [0.717, 1.165) is 26.1 Å². The van der Waals surface area contributed by atoms with Gasteiger partial charge in [-0.3, -0.25) is 4.90 Å². The van der Waals surface area contributed by atoms with Crippen molar-refractivity contribution in [1.82, 2.24) is 29.4 Å². The Balaban J connectivity index is 1.51. The lowest BCUT2D eigenvalue weighted by molar-refractivity contribution is 0.277. The van der Waals surface area contributed by atoms with Crippen LogP contribution in [0, 0.1) is 5.82 Å². The first kappa shape index (κ1) is 21.8. The molecule has 1 atom stereocenters. The Morgan fingerprint density at radius 1 is 1.16 bits per heavy atom. The molecule has 0 amide bonds. The van der Waals surface area contributed by atoms with Crippen LogP contribution in [0.3, 0.4) is 0 Å². The predicted octanol–water partition coefficient (Wildman–Crippen LogP) is 2.93. The van der Waals surface area contributed by atoms with Crippen molar-refractivity contribution in [3.8, 4) is 5.75 Å². The quantitative estimate of drug-likeness (QED) is 0.438. The highest BCUT2D eigenvalue weighted by Gasteiger charge is 2.23. The van der Waals surface area contributed by atoms with Crippen LogP contribution in [0.25, 0.3) is 0 Å². The summed E-state index contributed by atoms with van der Waals surface area (Å²) in [5.74, 6) is 0.857. The SMILES string of the molecule is CCN1CCCC1CNc1nc(NCn2ccnc2)nc(Nc2ccc(OC)c(F)c2)n1. The number of rotatable bonds is 10. The normalized spacial score (nSPS) is 16.2. The van der Waals surface area contributed by atoms with Gasteiger partial charge in [-0.15, -0.1) is 0 Å². The number of likely N-dealkylation sites (N-methyl/N-ethyl adjacent to an activating group) is 1. The summed E-state index contributed by atoms with van der Waals surface area (Å²) < 4.78 is 20.9. The fraction of sp³-hybridized carbons (Fsp3) is 0.429. The Hall–Kier alpha value is -3.47. The van der Waals surface area contributed by atoms with Crippen LogP contribution in [-0.2, 0) is 6.67 Å². The molecule has 10 nitrogen and oxygen atoms in total. The van der Waals surface area contributed by atoms with Crippen LogP contribution >= 0.6 is 0 Å². The van der Waals surface area contributed by atoms with Crippen LogP contribution in [0.15, 0.2) is 36.9 Å². The molecule has 11 heteroatoms. The first-order chi connectivity index (χ1) is 15.6. The van der Waals surface area contributed by atoms with E-state index in [1.807, 2.05) is 10.8 Å². The third-order valence-electron chi connectivity index (χ3n) is 5.42. The van der Waals surface area contributed by atoms with Gasteiger partial charge in [0, 0.05) is 36.7 Å². The monoisotopic (exact) mass is 441 g/mol. The number of halogens is 1. The molecule has 3 heterocycles. The van der Waals surface area contributed by atoms with E-state index in [9.17, 15) is 4.39 Å². The molecular formula is C21H28FN9O. The lowest BCUT2D eigenvalue weighted by Crippen LogP contribution is -2.35. The van der Waals surface area contributed by atoms with Crippen molar-refractivity contribution in [1.29, 1.82) is 0 Å². The van der Waals surface area contributed by atoms with Crippen LogP contribution in [0.2, 0.25) is 0 Å². The second kappa shape index (κ2) is 10.2. The molecule has 1 aliphatic heterocycles. The molecule has 1 unspecified atom stereocenters. The average molecular weight is 442 g/mol. The maximum Gasteiger partial charge on any atom is 0.233 e. The fourth-order valence-corrected chi connectivity index (χ4v) is 3.76. The second-order valence-corrected chi connectivity index (χ2v) is 7.50. The van der Waals surface area contributed by atoms with Crippen molar-refractivity contribution < 1.29 is 9.13 Å². The number of benzene rings is 1. The molecule has 2 aromatic heterocycles. The Morgan fingerprint density at radius 2 is 1.97 bits per heavy atom. The first-order valence-corrected chi connectivity index (χ1v) is 10.7. The molecule has 3 aromatic rings. The maximum atomic E-state index is 14.1. The number of methoxy groups -OCH3 is 1. The zero-order valence-corrected chi connectivity index (χ0v) is 18.3. The molecule has 0 spiro atoms. The number of nitrogens with one attached hydrogen (secondary N) is 3. The van der Waals surface area contributed by atoms with Crippen LogP contribution in [0.4, 0.5) is 27.9 Å². The van der Waals surface area contributed by atoms with Crippen LogP contribution < -0.4 is 20.7 Å². The number of nitrogens with zero attached hydrogens (tertiary/aromatic N) is 6. The molecule has 1 saturated heterocycles. The first-order valence-electron chi connectivity index (χ1n) is 10.7. The molecule has 4 rings (SSSR count). The minimum Gasteiger partial charge on any atom is -0.494 e. The molecule has 0 saturated carbocycles. The molecule has 3 N–H and O–H groups in total. The van der Waals surface area contributed by atoms with Gasteiger partial charge in [-0.05, 0) is 38.1 Å². The topological polar surface area (TPSA) is 105 Å². The average Bonchev–Trinajstić information content (AvgIpc) is 3.48. The summed E-state index contributed by atoms with van der Waals surface area (Å²) in [6, 6.07) is 5.04. The summed E-state index contributed by atoms with van der Waals surface area (Å²) in [6.45, 7) is 5.52. The van der Waals surface area contributed by atoms with Crippen molar-refractivity contribution in [2.75, 3.05) is 42.7 Å². The van der Waals surface area contributed by atoms with Crippen molar-refractivity contribution in [2.45, 2.75) is 32.5 Å². The number of hydrogen-bond acceptors (Lipinski definition) is 9. The van der Waals surface area contributed by atoms with Crippen LogP contribution in [0.5, 0.6) is 5.75 Å². The fourth-order valence-electron chi connectivity index (χ4n) is 3.76. The van der Waals surface area contributed by atoms with Crippen LogP contribution in [-0.4, -0.2) is 62.2 Å². The van der Waals surface area contributed by atoms with Gasteiger partial charge in [-0.2, -0.15) is 15.0 Å². The van der Waals surface area contributed by atoms with E-state index >= 15 is 0 Å².